The second-order valence-corrected chi connectivity index (χ2v) is 3.71. The van der Waals surface area contributed by atoms with E-state index in [2.05, 4.69) is 30.3 Å². The molecule has 0 atom stereocenters. The van der Waals surface area contributed by atoms with Crippen LogP contribution >= 0.6 is 11.3 Å². The zero-order valence-electron chi connectivity index (χ0n) is 7.16. The minimum absolute atomic E-state index is 0.606. The molecule has 0 amide bonds. The van der Waals surface area contributed by atoms with Gasteiger partial charge in [-0.25, -0.2) is 0 Å². The second kappa shape index (κ2) is 3.73. The number of benzene rings is 1. The molecule has 1 radical (unpaired) electrons. The van der Waals surface area contributed by atoms with Crippen LogP contribution < -0.4 is 5.73 Å². The summed E-state index contributed by atoms with van der Waals surface area (Å²) in [4.78, 5) is 1.18. The Balaban J connectivity index is 2.33. The van der Waals surface area contributed by atoms with E-state index in [1.54, 1.807) is 11.3 Å². The molecule has 2 aromatic rings. The average molecular weight is 188 g/mol. The van der Waals surface area contributed by atoms with Crippen molar-refractivity contribution >= 4 is 11.3 Å². The first kappa shape index (κ1) is 8.48. The van der Waals surface area contributed by atoms with Gasteiger partial charge in [-0.15, -0.1) is 11.3 Å². The Morgan fingerprint density at radius 3 is 2.54 bits per heavy atom. The van der Waals surface area contributed by atoms with Gasteiger partial charge in [0, 0.05) is 17.5 Å². The number of nitrogens with two attached hydrogens (primary N) is 1. The van der Waals surface area contributed by atoms with Crippen LogP contribution in [0.25, 0.3) is 10.4 Å². The summed E-state index contributed by atoms with van der Waals surface area (Å²) >= 11 is 1.70. The Morgan fingerprint density at radius 2 is 2.00 bits per heavy atom. The van der Waals surface area contributed by atoms with Crippen molar-refractivity contribution < 1.29 is 0 Å². The van der Waals surface area contributed by atoms with Crippen molar-refractivity contribution in [2.75, 3.05) is 0 Å². The van der Waals surface area contributed by atoms with Gasteiger partial charge < -0.3 is 5.73 Å². The fourth-order valence-electron chi connectivity index (χ4n) is 1.19. The van der Waals surface area contributed by atoms with E-state index >= 15 is 0 Å². The van der Waals surface area contributed by atoms with E-state index in [9.17, 15) is 0 Å². The van der Waals surface area contributed by atoms with Crippen LogP contribution in [0.1, 0.15) is 5.56 Å². The first-order valence-corrected chi connectivity index (χ1v) is 5.02. The summed E-state index contributed by atoms with van der Waals surface area (Å²) in [5.74, 6) is 0. The van der Waals surface area contributed by atoms with Crippen molar-refractivity contribution in [1.29, 1.82) is 0 Å². The summed E-state index contributed by atoms with van der Waals surface area (Å²) in [5.41, 5.74) is 7.90. The summed E-state index contributed by atoms with van der Waals surface area (Å²) in [5, 5.41) is 2.03. The van der Waals surface area contributed by atoms with Crippen LogP contribution in [0.15, 0.2) is 35.7 Å². The number of rotatable bonds is 2. The lowest BCUT2D eigenvalue weighted by Gasteiger charge is -1.98. The van der Waals surface area contributed by atoms with Gasteiger partial charge in [-0.1, -0.05) is 24.3 Å². The van der Waals surface area contributed by atoms with Crippen molar-refractivity contribution in [3.05, 3.63) is 47.3 Å². The fraction of sp³-hybridized carbons (Fsp3) is 0.0909. The van der Waals surface area contributed by atoms with Crippen LogP contribution in [0.3, 0.4) is 0 Å². The van der Waals surface area contributed by atoms with Gasteiger partial charge in [-0.3, -0.25) is 0 Å². The number of thiophene rings is 1. The van der Waals surface area contributed by atoms with Crippen molar-refractivity contribution in [2.45, 2.75) is 6.54 Å². The molecule has 0 unspecified atom stereocenters. The molecule has 1 nitrogen and oxygen atoms in total. The number of hydrogen-bond donors (Lipinski definition) is 1. The Kier molecular flexibility index (Phi) is 2.43. The quantitative estimate of drug-likeness (QED) is 0.770. The molecule has 2 N–H and O–H groups in total. The highest BCUT2D eigenvalue weighted by Crippen LogP contribution is 2.23. The van der Waals surface area contributed by atoms with E-state index in [0.717, 1.165) is 0 Å². The van der Waals surface area contributed by atoms with Gasteiger partial charge in [-0.2, -0.15) is 0 Å². The molecule has 1 aromatic carbocycles. The molecule has 0 bridgehead atoms. The molecule has 2 heteroatoms. The fourth-order valence-corrected chi connectivity index (χ4v) is 1.87. The lowest BCUT2D eigenvalue weighted by Crippen LogP contribution is -1.94. The van der Waals surface area contributed by atoms with Crippen LogP contribution in [-0.2, 0) is 6.54 Å². The summed E-state index contributed by atoms with van der Waals surface area (Å²) in [7, 11) is 0. The monoisotopic (exact) mass is 188 g/mol. The molecule has 2 rings (SSSR count). The first-order chi connectivity index (χ1) is 6.40. The molecule has 0 fully saturated rings. The molecule has 1 heterocycles. The van der Waals surface area contributed by atoms with Crippen LogP contribution in [0.5, 0.6) is 0 Å². The zero-order chi connectivity index (χ0) is 9.10. The average Bonchev–Trinajstić information content (AvgIpc) is 2.71. The van der Waals surface area contributed by atoms with Crippen molar-refractivity contribution in [1.82, 2.24) is 0 Å². The third-order valence-corrected chi connectivity index (χ3v) is 2.78. The smallest absolute Gasteiger partial charge is 0.0421 e. The van der Waals surface area contributed by atoms with Gasteiger partial charge in [0.2, 0.25) is 0 Å². The minimum atomic E-state index is 0.606. The lowest BCUT2D eigenvalue weighted by atomic mass is 10.1. The second-order valence-electron chi connectivity index (χ2n) is 2.80. The highest BCUT2D eigenvalue weighted by Gasteiger charge is 1.97. The summed E-state index contributed by atoms with van der Waals surface area (Å²) in [6, 6.07) is 13.4. The van der Waals surface area contributed by atoms with E-state index in [-0.39, 0.29) is 0 Å². The van der Waals surface area contributed by atoms with E-state index < -0.39 is 0 Å². The van der Waals surface area contributed by atoms with E-state index in [4.69, 9.17) is 5.73 Å². The van der Waals surface area contributed by atoms with Crippen LogP contribution in [0.4, 0.5) is 0 Å². The Morgan fingerprint density at radius 1 is 1.23 bits per heavy atom. The number of hydrogen-bond acceptors (Lipinski definition) is 2. The molecule has 0 aliphatic rings. The molecular formula is C11H10NS. The largest absolute Gasteiger partial charge is 0.326 e. The van der Waals surface area contributed by atoms with Crippen molar-refractivity contribution in [2.24, 2.45) is 5.73 Å². The first-order valence-electron chi connectivity index (χ1n) is 4.15. The highest BCUT2D eigenvalue weighted by atomic mass is 32.1. The summed E-state index contributed by atoms with van der Waals surface area (Å²) in [6.07, 6.45) is 0. The Labute approximate surface area is 81.8 Å². The molecule has 1 aromatic heterocycles. The normalized spacial score (nSPS) is 10.2. The maximum Gasteiger partial charge on any atom is 0.0421 e. The molecule has 0 aliphatic carbocycles. The Bertz CT molecular complexity index is 361. The summed E-state index contributed by atoms with van der Waals surface area (Å²) in [6.45, 7) is 0.606. The molecule has 65 valence electrons. The SMILES string of the molecule is NCc1ccc(-c2[c]ccs2)cc1. The maximum atomic E-state index is 5.51. The maximum absolute atomic E-state index is 5.51. The van der Waals surface area contributed by atoms with E-state index in [1.807, 2.05) is 11.4 Å². The molecule has 0 saturated heterocycles. The lowest BCUT2D eigenvalue weighted by molar-refractivity contribution is 1.07. The predicted octanol–water partition coefficient (Wildman–Crippen LogP) is 2.67. The van der Waals surface area contributed by atoms with Crippen molar-refractivity contribution in [3.63, 3.8) is 0 Å². The van der Waals surface area contributed by atoms with Crippen LogP contribution in [-0.4, -0.2) is 0 Å². The zero-order valence-corrected chi connectivity index (χ0v) is 7.97. The Hall–Kier alpha value is -1.12. The molecule has 13 heavy (non-hydrogen) atoms. The van der Waals surface area contributed by atoms with Gasteiger partial charge >= 0.3 is 0 Å². The topological polar surface area (TPSA) is 26.0 Å². The van der Waals surface area contributed by atoms with Crippen LogP contribution in [0.2, 0.25) is 0 Å². The van der Waals surface area contributed by atoms with Gasteiger partial charge in [-0.05, 0) is 22.6 Å². The minimum Gasteiger partial charge on any atom is -0.326 e. The third kappa shape index (κ3) is 1.79. The van der Waals surface area contributed by atoms with Gasteiger partial charge in [0.05, 0.1) is 0 Å². The summed E-state index contributed by atoms with van der Waals surface area (Å²) < 4.78 is 0. The molecule has 0 aliphatic heterocycles. The van der Waals surface area contributed by atoms with Gasteiger partial charge in [0.1, 0.15) is 0 Å². The molecule has 0 saturated carbocycles. The van der Waals surface area contributed by atoms with Gasteiger partial charge in [0.15, 0.2) is 0 Å². The molecule has 0 spiro atoms. The highest BCUT2D eigenvalue weighted by molar-refractivity contribution is 7.13. The van der Waals surface area contributed by atoms with Crippen molar-refractivity contribution in [3.8, 4) is 10.4 Å². The standard InChI is InChI=1S/C11H10NS/c12-8-9-3-5-10(6-4-9)11-2-1-7-13-11/h1,3-7H,8,12H2. The van der Waals surface area contributed by atoms with Gasteiger partial charge in [0.25, 0.3) is 0 Å². The van der Waals surface area contributed by atoms with E-state index in [0.29, 0.717) is 6.54 Å². The van der Waals surface area contributed by atoms with Crippen LogP contribution in [0, 0.1) is 6.07 Å². The van der Waals surface area contributed by atoms with E-state index in [1.165, 1.54) is 16.0 Å². The third-order valence-electron chi connectivity index (χ3n) is 1.92. The molecular weight excluding hydrogens is 178 g/mol. The predicted molar refractivity (Wildman–Crippen MR) is 56.5 cm³/mol.